The molecule has 0 unspecified atom stereocenters. The third-order valence-electron chi connectivity index (χ3n) is 4.07. The molecule has 1 fully saturated rings. The Morgan fingerprint density at radius 1 is 1.18 bits per heavy atom. The van der Waals surface area contributed by atoms with Crippen LogP contribution in [0.4, 0.5) is 5.13 Å². The molecule has 2 heterocycles. The number of anilines is 1. The Kier molecular flexibility index (Phi) is 6.29. The number of nitrogens with zero attached hydrogens (tertiary/aromatic N) is 1. The molecule has 28 heavy (non-hydrogen) atoms. The van der Waals surface area contributed by atoms with Crippen molar-refractivity contribution in [2.75, 3.05) is 30.0 Å². The van der Waals surface area contributed by atoms with Crippen LogP contribution in [0.15, 0.2) is 42.5 Å². The summed E-state index contributed by atoms with van der Waals surface area (Å²) >= 11 is 5.26. The summed E-state index contributed by atoms with van der Waals surface area (Å²) in [5.74, 6) is 3.65. The number of benzene rings is 2. The molecular formula is C20H20N2O3S3. The summed E-state index contributed by atoms with van der Waals surface area (Å²) in [6, 6.07) is 13.7. The maximum atomic E-state index is 12.4. The van der Waals surface area contributed by atoms with Crippen molar-refractivity contribution in [2.45, 2.75) is 11.5 Å². The highest BCUT2D eigenvalue weighted by atomic mass is 32.2. The number of aromatic nitrogens is 1. The van der Waals surface area contributed by atoms with E-state index in [2.05, 4.69) is 16.4 Å². The van der Waals surface area contributed by atoms with Crippen LogP contribution in [-0.4, -0.2) is 35.6 Å². The molecule has 1 aromatic heterocycles. The monoisotopic (exact) mass is 432 g/mol. The molecule has 2 aromatic carbocycles. The Bertz CT molecular complexity index is 970. The zero-order chi connectivity index (χ0) is 19.3. The summed E-state index contributed by atoms with van der Waals surface area (Å²) < 4.78 is 12.7. The molecule has 1 aliphatic heterocycles. The average molecular weight is 433 g/mol. The predicted molar refractivity (Wildman–Crippen MR) is 119 cm³/mol. The van der Waals surface area contributed by atoms with Crippen molar-refractivity contribution in [2.24, 2.45) is 0 Å². The number of hydrogen-bond donors (Lipinski definition) is 1. The highest BCUT2D eigenvalue weighted by molar-refractivity contribution is 8.19. The molecule has 0 saturated carbocycles. The van der Waals surface area contributed by atoms with Gasteiger partial charge in [-0.2, -0.15) is 0 Å². The van der Waals surface area contributed by atoms with E-state index in [1.54, 1.807) is 0 Å². The van der Waals surface area contributed by atoms with Crippen molar-refractivity contribution in [1.29, 1.82) is 0 Å². The van der Waals surface area contributed by atoms with Gasteiger partial charge in [0.2, 0.25) is 0 Å². The number of thioether (sulfide) groups is 2. The van der Waals surface area contributed by atoms with Gasteiger partial charge in [-0.25, -0.2) is 4.98 Å². The van der Waals surface area contributed by atoms with Gasteiger partial charge in [0.1, 0.15) is 11.5 Å². The Labute approximate surface area is 176 Å². The molecule has 1 N–H and O–H groups in total. The lowest BCUT2D eigenvalue weighted by molar-refractivity contribution is -0.118. The molecule has 0 spiro atoms. The lowest BCUT2D eigenvalue weighted by atomic mass is 10.2. The number of amides is 1. The molecule has 0 atom stereocenters. The Balaban J connectivity index is 1.39. The van der Waals surface area contributed by atoms with Crippen molar-refractivity contribution in [1.82, 2.24) is 4.98 Å². The van der Waals surface area contributed by atoms with Crippen LogP contribution in [-0.2, 0) is 4.79 Å². The minimum atomic E-state index is -0.217. The molecule has 5 nitrogen and oxygen atoms in total. The summed E-state index contributed by atoms with van der Waals surface area (Å²) in [6.45, 7) is 2.52. The molecule has 1 saturated heterocycles. The molecule has 4 rings (SSSR count). The van der Waals surface area contributed by atoms with Gasteiger partial charge < -0.3 is 9.47 Å². The first-order valence-electron chi connectivity index (χ1n) is 9.01. The maximum Gasteiger partial charge on any atom is 0.264 e. The SMILES string of the molecule is CCOc1ccc2nc(NC(=O)COc3ccccc3C3SCCS3)sc2c1. The second kappa shape index (κ2) is 9.07. The third kappa shape index (κ3) is 4.56. The highest BCUT2D eigenvalue weighted by Gasteiger charge is 2.22. The number of para-hydroxylation sites is 1. The standard InChI is InChI=1S/C20H20N2O3S3/c1-2-24-13-7-8-15-17(11-13)28-20(21-15)22-18(23)12-25-16-6-4-3-5-14(16)19-26-9-10-27-19/h3-8,11,19H,2,9-10,12H2,1H3,(H,21,22,23). The van der Waals surface area contributed by atoms with Gasteiger partial charge in [0.15, 0.2) is 11.7 Å². The van der Waals surface area contributed by atoms with E-state index in [0.717, 1.165) is 38.8 Å². The number of carbonyl (C=O) groups is 1. The number of fused-ring (bicyclic) bond motifs is 1. The predicted octanol–water partition coefficient (Wildman–Crippen LogP) is 5.19. The van der Waals surface area contributed by atoms with Gasteiger partial charge in [0.25, 0.3) is 5.91 Å². The molecule has 0 aliphatic carbocycles. The third-order valence-corrected chi connectivity index (χ3v) is 8.07. The quantitative estimate of drug-likeness (QED) is 0.554. The van der Waals surface area contributed by atoms with Crippen molar-refractivity contribution >= 4 is 56.1 Å². The summed E-state index contributed by atoms with van der Waals surface area (Å²) in [6.07, 6.45) is 0. The van der Waals surface area contributed by atoms with Crippen LogP contribution in [0, 0.1) is 0 Å². The number of rotatable bonds is 7. The van der Waals surface area contributed by atoms with E-state index in [-0.39, 0.29) is 12.5 Å². The molecule has 1 aliphatic rings. The number of nitrogens with one attached hydrogen (secondary N) is 1. The van der Waals surface area contributed by atoms with Gasteiger partial charge >= 0.3 is 0 Å². The first kappa shape index (κ1) is 19.4. The Morgan fingerprint density at radius 3 is 2.82 bits per heavy atom. The molecule has 1 amide bonds. The average Bonchev–Trinajstić information content (AvgIpc) is 3.36. The molecular weight excluding hydrogens is 412 g/mol. The lowest BCUT2D eigenvalue weighted by Gasteiger charge is -2.14. The van der Waals surface area contributed by atoms with Crippen LogP contribution in [0.1, 0.15) is 17.1 Å². The van der Waals surface area contributed by atoms with Crippen molar-refractivity contribution in [3.63, 3.8) is 0 Å². The normalized spacial score (nSPS) is 14.3. The van der Waals surface area contributed by atoms with E-state index in [1.807, 2.05) is 66.8 Å². The number of thiazole rings is 1. The van der Waals surface area contributed by atoms with E-state index >= 15 is 0 Å². The zero-order valence-corrected chi connectivity index (χ0v) is 17.8. The van der Waals surface area contributed by atoms with Crippen molar-refractivity contribution in [3.05, 3.63) is 48.0 Å². The maximum absolute atomic E-state index is 12.4. The van der Waals surface area contributed by atoms with Gasteiger partial charge in [0, 0.05) is 17.1 Å². The van der Waals surface area contributed by atoms with Crippen LogP contribution in [0.3, 0.4) is 0 Å². The second-order valence-corrected chi connectivity index (χ2v) is 9.78. The number of hydrogen-bond acceptors (Lipinski definition) is 7. The second-order valence-electron chi connectivity index (χ2n) is 6.03. The first-order chi connectivity index (χ1) is 13.7. The van der Waals surface area contributed by atoms with Crippen molar-refractivity contribution in [3.8, 4) is 11.5 Å². The largest absolute Gasteiger partial charge is 0.494 e. The fourth-order valence-corrected chi connectivity index (χ4v) is 6.68. The van der Waals surface area contributed by atoms with Gasteiger partial charge in [-0.3, -0.25) is 10.1 Å². The fourth-order valence-electron chi connectivity index (χ4n) is 2.86. The fraction of sp³-hybridized carbons (Fsp3) is 0.300. The van der Waals surface area contributed by atoms with Gasteiger partial charge in [-0.15, -0.1) is 23.5 Å². The van der Waals surface area contributed by atoms with Crippen LogP contribution in [0.2, 0.25) is 0 Å². The first-order valence-corrected chi connectivity index (χ1v) is 11.9. The van der Waals surface area contributed by atoms with Crippen LogP contribution in [0.25, 0.3) is 10.2 Å². The van der Waals surface area contributed by atoms with Gasteiger partial charge in [0.05, 0.1) is 21.4 Å². The van der Waals surface area contributed by atoms with Gasteiger partial charge in [-0.05, 0) is 31.2 Å². The number of ether oxygens (including phenoxy) is 2. The smallest absolute Gasteiger partial charge is 0.264 e. The Hall–Kier alpha value is -1.90. The van der Waals surface area contributed by atoms with E-state index in [0.29, 0.717) is 16.3 Å². The summed E-state index contributed by atoms with van der Waals surface area (Å²) in [7, 11) is 0. The van der Waals surface area contributed by atoms with Crippen LogP contribution < -0.4 is 14.8 Å². The van der Waals surface area contributed by atoms with Crippen molar-refractivity contribution < 1.29 is 14.3 Å². The topological polar surface area (TPSA) is 60.5 Å². The van der Waals surface area contributed by atoms with Crippen LogP contribution in [0.5, 0.6) is 11.5 Å². The molecule has 0 radical (unpaired) electrons. The summed E-state index contributed by atoms with van der Waals surface area (Å²) in [5.41, 5.74) is 1.98. The van der Waals surface area contributed by atoms with E-state index in [4.69, 9.17) is 9.47 Å². The van der Waals surface area contributed by atoms with Gasteiger partial charge in [-0.1, -0.05) is 29.5 Å². The molecule has 8 heteroatoms. The molecule has 0 bridgehead atoms. The zero-order valence-electron chi connectivity index (χ0n) is 15.3. The minimum absolute atomic E-state index is 0.0425. The van der Waals surface area contributed by atoms with E-state index < -0.39 is 0 Å². The summed E-state index contributed by atoms with van der Waals surface area (Å²) in [5, 5.41) is 3.40. The highest BCUT2D eigenvalue weighted by Crippen LogP contribution is 2.48. The summed E-state index contributed by atoms with van der Waals surface area (Å²) in [4.78, 5) is 16.8. The Morgan fingerprint density at radius 2 is 2.00 bits per heavy atom. The number of carbonyl (C=O) groups excluding carboxylic acids is 1. The minimum Gasteiger partial charge on any atom is -0.494 e. The molecule has 3 aromatic rings. The molecule has 146 valence electrons. The van der Waals surface area contributed by atoms with Crippen LogP contribution >= 0.6 is 34.9 Å². The van der Waals surface area contributed by atoms with E-state index in [9.17, 15) is 4.79 Å². The van der Waals surface area contributed by atoms with E-state index in [1.165, 1.54) is 11.3 Å². The lowest BCUT2D eigenvalue weighted by Crippen LogP contribution is -2.20.